The number of anilines is 2. The Balaban J connectivity index is 1.64. The van der Waals surface area contributed by atoms with E-state index in [2.05, 4.69) is 20.0 Å². The van der Waals surface area contributed by atoms with Gasteiger partial charge in [0.2, 0.25) is 0 Å². The molecule has 8 heteroatoms. The summed E-state index contributed by atoms with van der Waals surface area (Å²) in [4.78, 5) is 8.58. The van der Waals surface area contributed by atoms with Crippen molar-refractivity contribution in [3.05, 3.63) is 72.7 Å². The maximum atomic E-state index is 12.4. The Labute approximate surface area is 152 Å². The molecule has 0 aliphatic rings. The molecule has 0 unspecified atom stereocenters. The highest BCUT2D eigenvalue weighted by atomic mass is 32.2. The molecular weight excluding hydrogens is 352 g/mol. The molecule has 2 N–H and O–H groups in total. The van der Waals surface area contributed by atoms with E-state index in [0.717, 1.165) is 5.69 Å². The summed E-state index contributed by atoms with van der Waals surface area (Å²) in [5.74, 6) is 1.22. The Morgan fingerprint density at radius 3 is 2.42 bits per heavy atom. The van der Waals surface area contributed by atoms with E-state index in [0.29, 0.717) is 23.8 Å². The number of pyridine rings is 2. The van der Waals surface area contributed by atoms with Gasteiger partial charge in [0, 0.05) is 6.20 Å². The standard InChI is InChI=1S/C18H18N4O3S/c1-25-16-6-8-17(9-7-16)26(23,24)22-15-5-10-18(21-13-15)20-12-14-4-2-3-11-19-14/h2-11,13,22H,12H2,1H3,(H,20,21). The summed E-state index contributed by atoms with van der Waals surface area (Å²) in [5.41, 5.74) is 1.27. The molecule has 0 bridgehead atoms. The van der Waals surface area contributed by atoms with Crippen LogP contribution in [0.25, 0.3) is 0 Å². The fourth-order valence-electron chi connectivity index (χ4n) is 2.21. The fraction of sp³-hybridized carbons (Fsp3) is 0.111. The van der Waals surface area contributed by atoms with Crippen LogP contribution < -0.4 is 14.8 Å². The minimum absolute atomic E-state index is 0.149. The van der Waals surface area contributed by atoms with Gasteiger partial charge in [0.25, 0.3) is 10.0 Å². The minimum atomic E-state index is -3.68. The molecule has 0 radical (unpaired) electrons. The van der Waals surface area contributed by atoms with Gasteiger partial charge in [-0.3, -0.25) is 9.71 Å². The van der Waals surface area contributed by atoms with Gasteiger partial charge in [-0.1, -0.05) is 6.07 Å². The molecule has 3 rings (SSSR count). The zero-order chi connectivity index (χ0) is 18.4. The highest BCUT2D eigenvalue weighted by Crippen LogP contribution is 2.19. The fourth-order valence-corrected chi connectivity index (χ4v) is 3.25. The van der Waals surface area contributed by atoms with Crippen molar-refractivity contribution in [1.82, 2.24) is 9.97 Å². The number of sulfonamides is 1. The second kappa shape index (κ2) is 7.83. The van der Waals surface area contributed by atoms with Gasteiger partial charge in [-0.25, -0.2) is 13.4 Å². The molecule has 3 aromatic rings. The third-order valence-electron chi connectivity index (χ3n) is 3.56. The lowest BCUT2D eigenvalue weighted by Gasteiger charge is -2.10. The van der Waals surface area contributed by atoms with Crippen LogP contribution in [0.1, 0.15) is 5.69 Å². The molecule has 0 saturated carbocycles. The third-order valence-corrected chi connectivity index (χ3v) is 4.96. The molecule has 7 nitrogen and oxygen atoms in total. The number of benzene rings is 1. The normalized spacial score (nSPS) is 11.0. The number of methoxy groups -OCH3 is 1. The smallest absolute Gasteiger partial charge is 0.261 e. The molecule has 0 aliphatic carbocycles. The van der Waals surface area contributed by atoms with Crippen molar-refractivity contribution < 1.29 is 13.2 Å². The zero-order valence-electron chi connectivity index (χ0n) is 14.1. The first kappa shape index (κ1) is 17.7. The van der Waals surface area contributed by atoms with Gasteiger partial charge in [-0.15, -0.1) is 0 Å². The molecular formula is C18H18N4O3S. The van der Waals surface area contributed by atoms with Gasteiger partial charge in [0.1, 0.15) is 11.6 Å². The molecule has 0 atom stereocenters. The largest absolute Gasteiger partial charge is 0.497 e. The Hall–Kier alpha value is -3.13. The number of nitrogens with one attached hydrogen (secondary N) is 2. The zero-order valence-corrected chi connectivity index (χ0v) is 14.9. The van der Waals surface area contributed by atoms with Crippen LogP contribution in [0, 0.1) is 0 Å². The molecule has 2 heterocycles. The lowest BCUT2D eigenvalue weighted by atomic mass is 10.3. The number of nitrogens with zero attached hydrogens (tertiary/aromatic N) is 2. The molecule has 134 valence electrons. The average molecular weight is 370 g/mol. The van der Waals surface area contributed by atoms with E-state index in [4.69, 9.17) is 4.74 Å². The summed E-state index contributed by atoms with van der Waals surface area (Å²) >= 11 is 0. The molecule has 1 aromatic carbocycles. The van der Waals surface area contributed by atoms with Crippen LogP contribution >= 0.6 is 0 Å². The average Bonchev–Trinajstić information content (AvgIpc) is 2.68. The van der Waals surface area contributed by atoms with E-state index in [1.54, 1.807) is 30.5 Å². The summed E-state index contributed by atoms with van der Waals surface area (Å²) in [7, 11) is -2.16. The maximum absolute atomic E-state index is 12.4. The molecule has 0 amide bonds. The van der Waals surface area contributed by atoms with Gasteiger partial charge in [0.05, 0.1) is 36.1 Å². The molecule has 0 aliphatic heterocycles. The van der Waals surface area contributed by atoms with E-state index in [-0.39, 0.29) is 4.90 Å². The first-order chi connectivity index (χ1) is 12.6. The molecule has 0 spiro atoms. The van der Waals surface area contributed by atoms with Gasteiger partial charge < -0.3 is 10.1 Å². The van der Waals surface area contributed by atoms with Gasteiger partial charge >= 0.3 is 0 Å². The number of ether oxygens (including phenoxy) is 1. The summed E-state index contributed by atoms with van der Waals surface area (Å²) in [6.45, 7) is 0.533. The molecule has 2 aromatic heterocycles. The van der Waals surface area contributed by atoms with Crippen LogP contribution in [0.3, 0.4) is 0 Å². The first-order valence-corrected chi connectivity index (χ1v) is 9.32. The SMILES string of the molecule is COc1ccc(S(=O)(=O)Nc2ccc(NCc3ccccn3)nc2)cc1. The molecule has 0 saturated heterocycles. The third kappa shape index (κ3) is 4.48. The molecule has 0 fully saturated rings. The second-order valence-electron chi connectivity index (χ2n) is 5.39. The van der Waals surface area contributed by atoms with Crippen LogP contribution in [0.15, 0.2) is 71.9 Å². The van der Waals surface area contributed by atoms with Crippen molar-refractivity contribution in [2.24, 2.45) is 0 Å². The van der Waals surface area contributed by atoms with Crippen LogP contribution in [0.2, 0.25) is 0 Å². The van der Waals surface area contributed by atoms with Crippen LogP contribution in [0.5, 0.6) is 5.75 Å². The predicted octanol–water partition coefficient (Wildman–Crippen LogP) is 2.90. The van der Waals surface area contributed by atoms with Gasteiger partial charge in [-0.05, 0) is 48.5 Å². The van der Waals surface area contributed by atoms with Crippen molar-refractivity contribution >= 4 is 21.5 Å². The quantitative estimate of drug-likeness (QED) is 0.664. The van der Waals surface area contributed by atoms with E-state index in [9.17, 15) is 8.42 Å². The van der Waals surface area contributed by atoms with Crippen molar-refractivity contribution in [2.45, 2.75) is 11.4 Å². The second-order valence-corrected chi connectivity index (χ2v) is 7.07. The van der Waals surface area contributed by atoms with E-state index >= 15 is 0 Å². The van der Waals surface area contributed by atoms with E-state index in [1.165, 1.54) is 25.4 Å². The maximum Gasteiger partial charge on any atom is 0.261 e. The van der Waals surface area contributed by atoms with Crippen LogP contribution in [0.4, 0.5) is 11.5 Å². The van der Waals surface area contributed by atoms with E-state index < -0.39 is 10.0 Å². The van der Waals surface area contributed by atoms with Crippen molar-refractivity contribution in [2.75, 3.05) is 17.1 Å². The van der Waals surface area contributed by atoms with Crippen LogP contribution in [-0.2, 0) is 16.6 Å². The van der Waals surface area contributed by atoms with Gasteiger partial charge in [-0.2, -0.15) is 0 Å². The van der Waals surface area contributed by atoms with Gasteiger partial charge in [0.15, 0.2) is 0 Å². The summed E-state index contributed by atoms with van der Waals surface area (Å²) < 4.78 is 32.3. The summed E-state index contributed by atoms with van der Waals surface area (Å²) in [6, 6.07) is 15.2. The summed E-state index contributed by atoms with van der Waals surface area (Å²) in [6.07, 6.45) is 3.18. The lowest BCUT2D eigenvalue weighted by Crippen LogP contribution is -2.13. The Morgan fingerprint density at radius 1 is 1.00 bits per heavy atom. The summed E-state index contributed by atoms with van der Waals surface area (Å²) in [5, 5.41) is 3.13. The first-order valence-electron chi connectivity index (χ1n) is 7.83. The number of hydrogen-bond acceptors (Lipinski definition) is 6. The van der Waals surface area contributed by atoms with E-state index in [1.807, 2.05) is 18.2 Å². The highest BCUT2D eigenvalue weighted by Gasteiger charge is 2.14. The van der Waals surface area contributed by atoms with Crippen LogP contribution in [-0.4, -0.2) is 25.5 Å². The Bertz CT molecular complexity index is 944. The number of rotatable bonds is 7. The minimum Gasteiger partial charge on any atom is -0.497 e. The Morgan fingerprint density at radius 2 is 1.81 bits per heavy atom. The van der Waals surface area contributed by atoms with Crippen molar-refractivity contribution in [1.29, 1.82) is 0 Å². The van der Waals surface area contributed by atoms with Crippen molar-refractivity contribution in [3.8, 4) is 5.75 Å². The monoisotopic (exact) mass is 370 g/mol. The number of hydrogen-bond donors (Lipinski definition) is 2. The lowest BCUT2D eigenvalue weighted by molar-refractivity contribution is 0.414. The Kier molecular flexibility index (Phi) is 5.33. The number of aromatic nitrogens is 2. The molecule has 26 heavy (non-hydrogen) atoms. The highest BCUT2D eigenvalue weighted by molar-refractivity contribution is 7.92. The topological polar surface area (TPSA) is 93.2 Å². The predicted molar refractivity (Wildman–Crippen MR) is 99.6 cm³/mol. The van der Waals surface area contributed by atoms with Crippen molar-refractivity contribution in [3.63, 3.8) is 0 Å².